The number of hydrogen-bond donors (Lipinski definition) is 2. The molecule has 0 saturated carbocycles. The fourth-order valence-electron chi connectivity index (χ4n) is 1.56. The highest BCUT2D eigenvalue weighted by molar-refractivity contribution is 6.35. The first-order chi connectivity index (χ1) is 7.11. The molecule has 0 spiro atoms. The van der Waals surface area contributed by atoms with Crippen LogP contribution in [0.25, 0.3) is 0 Å². The Morgan fingerprint density at radius 2 is 1.93 bits per heavy atom. The van der Waals surface area contributed by atoms with Gasteiger partial charge >= 0.3 is 11.8 Å². The first-order valence-corrected chi connectivity index (χ1v) is 5.36. The molecule has 2 amide bonds. The summed E-state index contributed by atoms with van der Waals surface area (Å²) in [4.78, 5) is 24.4. The van der Waals surface area contributed by atoms with Crippen LogP contribution in [-0.2, 0) is 9.59 Å². The van der Waals surface area contributed by atoms with Gasteiger partial charge in [0.2, 0.25) is 0 Å². The average molecular weight is 214 g/mol. The highest BCUT2D eigenvalue weighted by Gasteiger charge is 2.22. The van der Waals surface area contributed by atoms with Gasteiger partial charge in [0.1, 0.15) is 0 Å². The van der Waals surface area contributed by atoms with E-state index in [1.165, 1.54) is 0 Å². The molecule has 0 radical (unpaired) electrons. The first-order valence-electron chi connectivity index (χ1n) is 5.36. The SMILES string of the molecule is CC(O)CNC(=O)C(=O)N1CCCCC1. The lowest BCUT2D eigenvalue weighted by molar-refractivity contribution is -0.146. The summed E-state index contributed by atoms with van der Waals surface area (Å²) in [5.74, 6) is -1.09. The van der Waals surface area contributed by atoms with Crippen molar-refractivity contribution in [2.75, 3.05) is 19.6 Å². The van der Waals surface area contributed by atoms with Crippen LogP contribution in [0.1, 0.15) is 26.2 Å². The van der Waals surface area contributed by atoms with Gasteiger partial charge in [-0.15, -0.1) is 0 Å². The van der Waals surface area contributed by atoms with Crippen LogP contribution in [0.3, 0.4) is 0 Å². The lowest BCUT2D eigenvalue weighted by Crippen LogP contribution is -2.46. The van der Waals surface area contributed by atoms with E-state index >= 15 is 0 Å². The molecular weight excluding hydrogens is 196 g/mol. The number of amides is 2. The molecular formula is C10H18N2O3. The highest BCUT2D eigenvalue weighted by Crippen LogP contribution is 2.08. The van der Waals surface area contributed by atoms with Crippen molar-refractivity contribution in [1.82, 2.24) is 10.2 Å². The maximum Gasteiger partial charge on any atom is 0.311 e. The van der Waals surface area contributed by atoms with Crippen molar-refractivity contribution < 1.29 is 14.7 Å². The highest BCUT2D eigenvalue weighted by atomic mass is 16.3. The number of likely N-dealkylation sites (tertiary alicyclic amines) is 1. The van der Waals surface area contributed by atoms with Gasteiger partial charge in [-0.2, -0.15) is 0 Å². The van der Waals surface area contributed by atoms with Crippen LogP contribution in [0.5, 0.6) is 0 Å². The summed E-state index contributed by atoms with van der Waals surface area (Å²) in [6, 6.07) is 0. The van der Waals surface area contributed by atoms with Gasteiger partial charge in [0, 0.05) is 19.6 Å². The van der Waals surface area contributed by atoms with Crippen molar-refractivity contribution in [1.29, 1.82) is 0 Å². The molecule has 15 heavy (non-hydrogen) atoms. The Balaban J connectivity index is 2.34. The van der Waals surface area contributed by atoms with Crippen LogP contribution in [0.4, 0.5) is 0 Å². The molecule has 5 nitrogen and oxygen atoms in total. The Morgan fingerprint density at radius 3 is 2.47 bits per heavy atom. The average Bonchev–Trinajstić information content (AvgIpc) is 2.26. The number of carbonyl (C=O) groups is 2. The molecule has 1 aliphatic heterocycles. The molecule has 0 bridgehead atoms. The lowest BCUT2D eigenvalue weighted by Gasteiger charge is -2.25. The summed E-state index contributed by atoms with van der Waals surface area (Å²) in [5, 5.41) is 11.4. The Kier molecular flexibility index (Phi) is 4.55. The van der Waals surface area contributed by atoms with E-state index in [0.29, 0.717) is 13.1 Å². The maximum absolute atomic E-state index is 11.5. The van der Waals surface area contributed by atoms with Gasteiger partial charge < -0.3 is 15.3 Å². The summed E-state index contributed by atoms with van der Waals surface area (Å²) in [5.41, 5.74) is 0. The van der Waals surface area contributed by atoms with Crippen LogP contribution in [0.15, 0.2) is 0 Å². The third kappa shape index (κ3) is 3.87. The van der Waals surface area contributed by atoms with E-state index in [2.05, 4.69) is 5.32 Å². The van der Waals surface area contributed by atoms with Crippen molar-refractivity contribution >= 4 is 11.8 Å². The molecule has 1 saturated heterocycles. The molecule has 0 aromatic carbocycles. The number of carbonyl (C=O) groups excluding carboxylic acids is 2. The second-order valence-electron chi connectivity index (χ2n) is 3.91. The molecule has 0 aliphatic carbocycles. The van der Waals surface area contributed by atoms with Gasteiger partial charge in [-0.25, -0.2) is 0 Å². The zero-order valence-electron chi connectivity index (χ0n) is 9.03. The topological polar surface area (TPSA) is 69.6 Å². The second kappa shape index (κ2) is 5.70. The Labute approximate surface area is 89.4 Å². The quantitative estimate of drug-likeness (QED) is 0.609. The van der Waals surface area contributed by atoms with Crippen LogP contribution in [-0.4, -0.2) is 47.6 Å². The normalized spacial score (nSPS) is 18.4. The van der Waals surface area contributed by atoms with E-state index < -0.39 is 17.9 Å². The summed E-state index contributed by atoms with van der Waals surface area (Å²) in [7, 11) is 0. The van der Waals surface area contributed by atoms with Gasteiger partial charge in [-0.1, -0.05) is 0 Å². The lowest BCUT2D eigenvalue weighted by atomic mass is 10.1. The predicted molar refractivity (Wildman–Crippen MR) is 55.1 cm³/mol. The number of aliphatic hydroxyl groups is 1. The maximum atomic E-state index is 11.5. The van der Waals surface area contributed by atoms with Crippen molar-refractivity contribution in [2.24, 2.45) is 0 Å². The third-order valence-electron chi connectivity index (χ3n) is 2.40. The van der Waals surface area contributed by atoms with Crippen molar-refractivity contribution in [2.45, 2.75) is 32.3 Å². The zero-order chi connectivity index (χ0) is 11.3. The summed E-state index contributed by atoms with van der Waals surface area (Å²) in [6.07, 6.45) is 2.44. The Morgan fingerprint density at radius 1 is 1.33 bits per heavy atom. The molecule has 1 rings (SSSR count). The Hall–Kier alpha value is -1.10. The minimum atomic E-state index is -0.622. The standard InChI is InChI=1S/C10H18N2O3/c1-8(13)7-11-9(14)10(15)12-5-3-2-4-6-12/h8,13H,2-7H2,1H3,(H,11,14). The molecule has 1 atom stereocenters. The molecule has 1 fully saturated rings. The van der Waals surface area contributed by atoms with Crippen LogP contribution in [0.2, 0.25) is 0 Å². The number of aliphatic hydroxyl groups excluding tert-OH is 1. The summed E-state index contributed by atoms with van der Waals surface area (Å²) < 4.78 is 0. The Bertz CT molecular complexity index is 235. The van der Waals surface area contributed by atoms with E-state index in [1.807, 2.05) is 0 Å². The van der Waals surface area contributed by atoms with Gasteiger partial charge in [-0.3, -0.25) is 9.59 Å². The van der Waals surface area contributed by atoms with Gasteiger partial charge in [0.05, 0.1) is 6.10 Å². The number of hydrogen-bond acceptors (Lipinski definition) is 3. The zero-order valence-corrected chi connectivity index (χ0v) is 9.03. The van der Waals surface area contributed by atoms with Crippen molar-refractivity contribution in [3.8, 4) is 0 Å². The van der Waals surface area contributed by atoms with Gasteiger partial charge in [0.15, 0.2) is 0 Å². The van der Waals surface area contributed by atoms with Crippen molar-refractivity contribution in [3.05, 3.63) is 0 Å². The van der Waals surface area contributed by atoms with E-state index in [1.54, 1.807) is 11.8 Å². The molecule has 1 aliphatic rings. The van der Waals surface area contributed by atoms with Gasteiger partial charge in [-0.05, 0) is 26.2 Å². The molecule has 2 N–H and O–H groups in total. The number of nitrogens with one attached hydrogen (secondary N) is 1. The largest absolute Gasteiger partial charge is 0.392 e. The summed E-state index contributed by atoms with van der Waals surface area (Å²) in [6.45, 7) is 3.02. The smallest absolute Gasteiger partial charge is 0.311 e. The van der Waals surface area contributed by atoms with E-state index in [0.717, 1.165) is 19.3 Å². The minimum absolute atomic E-state index is 0.123. The number of piperidine rings is 1. The van der Waals surface area contributed by atoms with E-state index in [4.69, 9.17) is 5.11 Å². The second-order valence-corrected chi connectivity index (χ2v) is 3.91. The molecule has 1 unspecified atom stereocenters. The number of nitrogens with zero attached hydrogens (tertiary/aromatic N) is 1. The van der Waals surface area contributed by atoms with Crippen LogP contribution >= 0.6 is 0 Å². The molecule has 1 heterocycles. The first kappa shape index (κ1) is 12.0. The number of rotatable bonds is 2. The fourth-order valence-corrected chi connectivity index (χ4v) is 1.56. The van der Waals surface area contributed by atoms with E-state index in [-0.39, 0.29) is 6.54 Å². The monoisotopic (exact) mass is 214 g/mol. The predicted octanol–water partition coefficient (Wildman–Crippen LogP) is -0.504. The van der Waals surface area contributed by atoms with Crippen LogP contribution < -0.4 is 5.32 Å². The van der Waals surface area contributed by atoms with E-state index in [9.17, 15) is 9.59 Å². The van der Waals surface area contributed by atoms with Gasteiger partial charge in [0.25, 0.3) is 0 Å². The molecule has 86 valence electrons. The van der Waals surface area contributed by atoms with Crippen LogP contribution in [0, 0.1) is 0 Å². The molecule has 0 aromatic heterocycles. The fraction of sp³-hybridized carbons (Fsp3) is 0.800. The van der Waals surface area contributed by atoms with Crippen molar-refractivity contribution in [3.63, 3.8) is 0 Å². The molecule has 0 aromatic rings. The third-order valence-corrected chi connectivity index (χ3v) is 2.40. The minimum Gasteiger partial charge on any atom is -0.392 e. The summed E-state index contributed by atoms with van der Waals surface area (Å²) >= 11 is 0. The molecule has 5 heteroatoms.